The summed E-state index contributed by atoms with van der Waals surface area (Å²) in [6, 6.07) is 8.11. The molecule has 0 aliphatic heterocycles. The molecule has 0 saturated carbocycles. The molecule has 0 atom stereocenters. The maximum atomic E-state index is 9.13. The Morgan fingerprint density at radius 1 is 1.42 bits per heavy atom. The van der Waals surface area contributed by atoms with Crippen LogP contribution in [0.25, 0.3) is 0 Å². The number of aryl methyl sites for hydroxylation is 1. The highest BCUT2D eigenvalue weighted by Gasteiger charge is 1.98. The third kappa shape index (κ3) is 2.32. The second-order valence-electron chi connectivity index (χ2n) is 2.75. The van der Waals surface area contributed by atoms with E-state index in [-0.39, 0.29) is 0 Å². The van der Waals surface area contributed by atoms with Crippen LogP contribution in [0.4, 0.5) is 0 Å². The highest BCUT2D eigenvalue weighted by Crippen LogP contribution is 1.99. The van der Waals surface area contributed by atoms with Gasteiger partial charge in [-0.15, -0.1) is 6.58 Å². The zero-order chi connectivity index (χ0) is 8.81. The molecule has 0 heterocycles. The summed E-state index contributed by atoms with van der Waals surface area (Å²) in [7, 11) is -1.000. The highest BCUT2D eigenvalue weighted by molar-refractivity contribution is 6.46. The lowest BCUT2D eigenvalue weighted by Gasteiger charge is -2.03. The van der Waals surface area contributed by atoms with Gasteiger partial charge in [0.25, 0.3) is 0 Å². The van der Waals surface area contributed by atoms with Gasteiger partial charge >= 0.3 is 0 Å². The molecule has 0 radical (unpaired) electrons. The van der Waals surface area contributed by atoms with Gasteiger partial charge in [-0.25, -0.2) is 0 Å². The van der Waals surface area contributed by atoms with Gasteiger partial charge in [-0.3, -0.25) is 0 Å². The predicted molar refractivity (Wildman–Crippen MR) is 55.4 cm³/mol. The van der Waals surface area contributed by atoms with Crippen LogP contribution in [-0.2, 0) is 6.42 Å². The van der Waals surface area contributed by atoms with Gasteiger partial charge in [0.1, 0.15) is 0 Å². The average Bonchev–Trinajstić information content (AvgIpc) is 2.15. The van der Waals surface area contributed by atoms with Gasteiger partial charge < -0.3 is 4.80 Å². The summed E-state index contributed by atoms with van der Waals surface area (Å²) in [5.74, 6) is 0. The Labute approximate surface area is 75.7 Å². The van der Waals surface area contributed by atoms with Crippen molar-refractivity contribution >= 4 is 14.9 Å². The molecular weight excluding hydrogens is 164 g/mol. The molecule has 0 aliphatic carbocycles. The summed E-state index contributed by atoms with van der Waals surface area (Å²) in [5, 5.41) is 1.17. The molecule has 1 aromatic rings. The van der Waals surface area contributed by atoms with Gasteiger partial charge in [0.05, 0.1) is 0 Å². The van der Waals surface area contributed by atoms with Crippen molar-refractivity contribution in [2.45, 2.75) is 12.8 Å². The van der Waals surface area contributed by atoms with E-state index in [1.165, 1.54) is 10.8 Å². The molecule has 1 N–H and O–H groups in total. The van der Waals surface area contributed by atoms with E-state index >= 15 is 0 Å². The van der Waals surface area contributed by atoms with E-state index in [0.29, 0.717) is 0 Å². The first-order valence-corrected chi connectivity index (χ1v) is 5.51. The molecule has 64 valence electrons. The molecule has 1 rings (SSSR count). The first-order chi connectivity index (χ1) is 5.88. The first kappa shape index (κ1) is 9.23. The highest BCUT2D eigenvalue weighted by atomic mass is 28.2. The van der Waals surface area contributed by atoms with E-state index in [1.807, 2.05) is 24.3 Å². The van der Waals surface area contributed by atoms with Crippen LogP contribution in [0.3, 0.4) is 0 Å². The van der Waals surface area contributed by atoms with Gasteiger partial charge in [-0.1, -0.05) is 30.3 Å². The lowest BCUT2D eigenvalue weighted by Crippen LogP contribution is -2.18. The molecule has 0 saturated heterocycles. The summed E-state index contributed by atoms with van der Waals surface area (Å²) >= 11 is 0. The smallest absolute Gasteiger partial charge is 0.188 e. The monoisotopic (exact) mass is 178 g/mol. The van der Waals surface area contributed by atoms with Crippen LogP contribution in [0, 0.1) is 0 Å². The molecule has 0 aliphatic rings. The molecule has 0 aromatic heterocycles. The van der Waals surface area contributed by atoms with E-state index in [0.717, 1.165) is 12.8 Å². The van der Waals surface area contributed by atoms with E-state index in [1.54, 1.807) is 0 Å². The minimum Gasteiger partial charge on any atom is -0.433 e. The summed E-state index contributed by atoms with van der Waals surface area (Å²) in [6.45, 7) is 3.68. The van der Waals surface area contributed by atoms with Crippen molar-refractivity contribution in [3.63, 3.8) is 0 Å². The Kier molecular flexibility index (Phi) is 3.77. The predicted octanol–water partition coefficient (Wildman–Crippen LogP) is 0.507. The largest absolute Gasteiger partial charge is 0.433 e. The molecule has 0 bridgehead atoms. The van der Waals surface area contributed by atoms with Crippen LogP contribution in [-0.4, -0.2) is 14.6 Å². The molecule has 0 unspecified atom stereocenters. The Morgan fingerprint density at radius 2 is 2.17 bits per heavy atom. The van der Waals surface area contributed by atoms with Crippen LogP contribution < -0.4 is 5.19 Å². The van der Waals surface area contributed by atoms with Crippen LogP contribution in [0.1, 0.15) is 12.0 Å². The quantitative estimate of drug-likeness (QED) is 0.526. The normalized spacial score (nSPS) is 10.8. The fourth-order valence-corrected chi connectivity index (χ4v) is 1.95. The lowest BCUT2D eigenvalue weighted by atomic mass is 10.1. The summed E-state index contributed by atoms with van der Waals surface area (Å²) in [4.78, 5) is 9.13. The van der Waals surface area contributed by atoms with Gasteiger partial charge in [0.2, 0.25) is 0 Å². The molecule has 0 fully saturated rings. The summed E-state index contributed by atoms with van der Waals surface area (Å²) in [6.07, 6.45) is 3.91. The Bertz CT molecular complexity index is 258. The van der Waals surface area contributed by atoms with Crippen LogP contribution in [0.5, 0.6) is 0 Å². The number of rotatable bonds is 4. The van der Waals surface area contributed by atoms with E-state index < -0.39 is 9.76 Å². The van der Waals surface area contributed by atoms with Crippen molar-refractivity contribution in [2.75, 3.05) is 0 Å². The van der Waals surface area contributed by atoms with Crippen LogP contribution in [0.15, 0.2) is 36.9 Å². The van der Waals surface area contributed by atoms with Gasteiger partial charge in [0.15, 0.2) is 9.76 Å². The number of hydrogen-bond acceptors (Lipinski definition) is 1. The second kappa shape index (κ2) is 4.90. The number of benzene rings is 1. The Hall–Kier alpha value is -0.863. The zero-order valence-electron chi connectivity index (χ0n) is 7.16. The molecule has 2 heteroatoms. The maximum Gasteiger partial charge on any atom is 0.188 e. The maximum absolute atomic E-state index is 9.13. The van der Waals surface area contributed by atoms with Crippen molar-refractivity contribution in [1.29, 1.82) is 0 Å². The molecule has 12 heavy (non-hydrogen) atoms. The van der Waals surface area contributed by atoms with Crippen LogP contribution >= 0.6 is 0 Å². The lowest BCUT2D eigenvalue weighted by molar-refractivity contribution is 0.615. The van der Waals surface area contributed by atoms with Crippen molar-refractivity contribution in [3.05, 3.63) is 42.5 Å². The summed E-state index contributed by atoms with van der Waals surface area (Å²) in [5.41, 5.74) is 1.28. The number of hydrogen-bond donors (Lipinski definition) is 1. The van der Waals surface area contributed by atoms with E-state index in [9.17, 15) is 0 Å². The third-order valence-electron chi connectivity index (χ3n) is 1.91. The molecular formula is C10H14OSi. The van der Waals surface area contributed by atoms with Crippen molar-refractivity contribution < 1.29 is 4.80 Å². The van der Waals surface area contributed by atoms with Crippen LogP contribution in [0.2, 0.25) is 0 Å². The van der Waals surface area contributed by atoms with E-state index in [2.05, 4.69) is 12.6 Å². The Balaban J connectivity index is 2.74. The van der Waals surface area contributed by atoms with Crippen molar-refractivity contribution in [2.24, 2.45) is 0 Å². The number of allylic oxidation sites excluding steroid dienone is 1. The standard InChI is InChI=1S/C10H14OSi/c1-2-3-6-9-7-4-5-8-10(9)12-11/h2,4-5,7-8,11H,1,3,6,12H2. The third-order valence-corrected chi connectivity index (χ3v) is 2.94. The van der Waals surface area contributed by atoms with Gasteiger partial charge in [-0.05, 0) is 23.6 Å². The fraction of sp³-hybridized carbons (Fsp3) is 0.200. The average molecular weight is 178 g/mol. The summed E-state index contributed by atoms with van der Waals surface area (Å²) < 4.78 is 0. The first-order valence-electron chi connectivity index (χ1n) is 4.17. The molecule has 1 nitrogen and oxygen atoms in total. The molecule has 0 spiro atoms. The van der Waals surface area contributed by atoms with Gasteiger partial charge in [0, 0.05) is 0 Å². The zero-order valence-corrected chi connectivity index (χ0v) is 8.58. The second-order valence-corrected chi connectivity index (χ2v) is 3.83. The minimum atomic E-state index is -1.000. The SMILES string of the molecule is C=CCCc1ccccc1[SiH2]O. The molecule has 1 aromatic carbocycles. The Morgan fingerprint density at radius 3 is 2.83 bits per heavy atom. The molecule has 0 amide bonds. The van der Waals surface area contributed by atoms with Gasteiger partial charge in [-0.2, -0.15) is 0 Å². The van der Waals surface area contributed by atoms with E-state index in [4.69, 9.17) is 4.80 Å². The minimum absolute atomic E-state index is 0.991. The topological polar surface area (TPSA) is 20.2 Å². The van der Waals surface area contributed by atoms with Crippen molar-refractivity contribution in [3.8, 4) is 0 Å². The van der Waals surface area contributed by atoms with Crippen molar-refractivity contribution in [1.82, 2.24) is 0 Å². The fourth-order valence-electron chi connectivity index (χ4n) is 1.21.